The Kier molecular flexibility index (Phi) is 8.00. The van der Waals surface area contributed by atoms with Crippen molar-refractivity contribution in [2.75, 3.05) is 23.3 Å². The Labute approximate surface area is 234 Å². The first-order chi connectivity index (χ1) is 19.2. The molecule has 2 N–H and O–H groups in total. The van der Waals surface area contributed by atoms with E-state index in [2.05, 4.69) is 5.32 Å². The summed E-state index contributed by atoms with van der Waals surface area (Å²) < 4.78 is 0. The predicted octanol–water partition coefficient (Wildman–Crippen LogP) is 5.70. The summed E-state index contributed by atoms with van der Waals surface area (Å²) in [4.78, 5) is 53.6. The molecule has 0 unspecified atom stereocenters. The third-order valence-electron chi connectivity index (χ3n) is 8.51. The lowest BCUT2D eigenvalue weighted by Gasteiger charge is -2.29. The lowest BCUT2D eigenvalue weighted by molar-refractivity contribution is -0.126. The number of ketones is 1. The molecule has 0 saturated heterocycles. The molecule has 3 amide bonds. The number of anilines is 2. The van der Waals surface area contributed by atoms with Gasteiger partial charge in [0.1, 0.15) is 6.54 Å². The number of carboxylic acid groups (broad SMARTS) is 1. The van der Waals surface area contributed by atoms with E-state index in [1.807, 2.05) is 31.2 Å². The number of rotatable bonds is 8. The van der Waals surface area contributed by atoms with E-state index in [4.69, 9.17) is 5.10 Å². The molecule has 3 aliphatic rings. The molecule has 2 aromatic carbocycles. The van der Waals surface area contributed by atoms with Crippen LogP contribution < -0.4 is 10.2 Å². The molecule has 9 nitrogen and oxygen atoms in total. The monoisotopic (exact) mass is 544 g/mol. The van der Waals surface area contributed by atoms with Crippen LogP contribution in [0.15, 0.2) is 53.6 Å². The molecule has 9 heteroatoms. The van der Waals surface area contributed by atoms with Crippen molar-refractivity contribution in [1.82, 2.24) is 5.01 Å². The highest BCUT2D eigenvalue weighted by Gasteiger charge is 2.40. The number of hydrogen-bond acceptors (Lipinski definition) is 5. The van der Waals surface area contributed by atoms with Crippen molar-refractivity contribution in [1.29, 1.82) is 0 Å². The highest BCUT2D eigenvalue weighted by molar-refractivity contribution is 6.13. The van der Waals surface area contributed by atoms with Gasteiger partial charge in [0, 0.05) is 22.6 Å². The second-order valence-electron chi connectivity index (χ2n) is 11.4. The summed E-state index contributed by atoms with van der Waals surface area (Å²) in [7, 11) is 0. The SMILES string of the molecule is CC1(C(=O)CN2C(=O)N(CC(=O)Nc3cccc(C(=O)O)c3)N=C(C3CCCCC3)c3ccccc32)CCCC1. The molecule has 0 aromatic heterocycles. The number of hydrazone groups is 1. The van der Waals surface area contributed by atoms with Gasteiger partial charge in [-0.3, -0.25) is 14.5 Å². The first-order valence-corrected chi connectivity index (χ1v) is 14.2. The van der Waals surface area contributed by atoms with E-state index in [1.54, 1.807) is 12.1 Å². The fraction of sp³-hybridized carbons (Fsp3) is 0.452. The van der Waals surface area contributed by atoms with Crippen molar-refractivity contribution in [3.63, 3.8) is 0 Å². The van der Waals surface area contributed by atoms with Crippen LogP contribution in [0.5, 0.6) is 0 Å². The fourth-order valence-corrected chi connectivity index (χ4v) is 6.16. The summed E-state index contributed by atoms with van der Waals surface area (Å²) in [5.74, 6) is -1.45. The van der Waals surface area contributed by atoms with Gasteiger partial charge in [-0.05, 0) is 49.9 Å². The van der Waals surface area contributed by atoms with Gasteiger partial charge in [-0.15, -0.1) is 0 Å². The number of para-hydroxylation sites is 1. The second-order valence-corrected chi connectivity index (χ2v) is 11.4. The second kappa shape index (κ2) is 11.6. The Bertz CT molecular complexity index is 1340. The summed E-state index contributed by atoms with van der Waals surface area (Å²) in [6.45, 7) is 1.53. The molecule has 2 aliphatic carbocycles. The number of hydrogen-bond donors (Lipinski definition) is 2. The molecular formula is C31H36N4O5. The smallest absolute Gasteiger partial charge is 0.345 e. The van der Waals surface area contributed by atoms with Crippen LogP contribution in [-0.4, -0.2) is 52.6 Å². The van der Waals surface area contributed by atoms with Crippen molar-refractivity contribution in [2.45, 2.75) is 64.7 Å². The van der Waals surface area contributed by atoms with Crippen LogP contribution in [0.2, 0.25) is 0 Å². The minimum atomic E-state index is -1.10. The van der Waals surface area contributed by atoms with Crippen molar-refractivity contribution < 1.29 is 24.3 Å². The number of nitrogens with zero attached hydrogens (tertiary/aromatic N) is 3. The number of carboxylic acids is 1. The van der Waals surface area contributed by atoms with Crippen LogP contribution in [0.25, 0.3) is 0 Å². The Morgan fingerprint density at radius 3 is 2.42 bits per heavy atom. The number of amides is 3. The number of nitrogens with one attached hydrogen (secondary N) is 1. The number of fused-ring (bicyclic) bond motifs is 1. The van der Waals surface area contributed by atoms with Crippen molar-refractivity contribution >= 4 is 40.8 Å². The van der Waals surface area contributed by atoms with E-state index < -0.39 is 23.3 Å². The number of carbonyl (C=O) groups is 4. The highest BCUT2D eigenvalue weighted by atomic mass is 16.4. The molecule has 40 heavy (non-hydrogen) atoms. The maximum Gasteiger partial charge on any atom is 0.345 e. The van der Waals surface area contributed by atoms with Crippen LogP contribution in [0, 0.1) is 11.3 Å². The molecule has 0 bridgehead atoms. The normalized spacial score (nSPS) is 19.0. The zero-order chi connectivity index (χ0) is 28.3. The molecule has 2 aromatic rings. The van der Waals surface area contributed by atoms with Gasteiger partial charge >= 0.3 is 12.0 Å². The summed E-state index contributed by atoms with van der Waals surface area (Å²) in [5, 5.41) is 18.0. The molecule has 1 heterocycles. The van der Waals surface area contributed by atoms with Crippen LogP contribution in [0.3, 0.4) is 0 Å². The Balaban J connectivity index is 1.47. The third kappa shape index (κ3) is 5.78. The number of carbonyl (C=O) groups excluding carboxylic acids is 3. The van der Waals surface area contributed by atoms with E-state index >= 15 is 0 Å². The zero-order valence-corrected chi connectivity index (χ0v) is 22.9. The minimum absolute atomic E-state index is 0.0177. The Hall–Kier alpha value is -4.01. The summed E-state index contributed by atoms with van der Waals surface area (Å²) >= 11 is 0. The van der Waals surface area contributed by atoms with Gasteiger partial charge in [-0.1, -0.05) is 63.3 Å². The lowest BCUT2D eigenvalue weighted by atomic mass is 9.82. The van der Waals surface area contributed by atoms with E-state index in [-0.39, 0.29) is 30.4 Å². The van der Waals surface area contributed by atoms with Gasteiger partial charge in [0.2, 0.25) is 5.91 Å². The quantitative estimate of drug-likeness (QED) is 0.442. The van der Waals surface area contributed by atoms with E-state index in [9.17, 15) is 24.3 Å². The number of aromatic carboxylic acids is 1. The number of benzene rings is 2. The molecule has 2 fully saturated rings. The molecular weight excluding hydrogens is 508 g/mol. The molecule has 0 atom stereocenters. The van der Waals surface area contributed by atoms with Gasteiger partial charge in [-0.25, -0.2) is 14.6 Å². The van der Waals surface area contributed by atoms with Crippen LogP contribution >= 0.6 is 0 Å². The maximum atomic E-state index is 14.1. The van der Waals surface area contributed by atoms with Crippen LogP contribution in [0.4, 0.5) is 16.2 Å². The van der Waals surface area contributed by atoms with E-state index in [1.165, 1.54) is 22.0 Å². The molecule has 1 aliphatic heterocycles. The average molecular weight is 545 g/mol. The van der Waals surface area contributed by atoms with E-state index in [0.29, 0.717) is 11.4 Å². The fourth-order valence-electron chi connectivity index (χ4n) is 6.16. The first kappa shape index (κ1) is 27.6. The first-order valence-electron chi connectivity index (χ1n) is 14.2. The molecule has 5 rings (SSSR count). The Morgan fingerprint density at radius 1 is 0.975 bits per heavy atom. The summed E-state index contributed by atoms with van der Waals surface area (Å²) in [5.41, 5.74) is 2.13. The van der Waals surface area contributed by atoms with Crippen molar-refractivity contribution in [3.8, 4) is 0 Å². The van der Waals surface area contributed by atoms with Gasteiger partial charge in [0.05, 0.1) is 23.5 Å². The lowest BCUT2D eigenvalue weighted by Crippen LogP contribution is -2.47. The summed E-state index contributed by atoms with van der Waals surface area (Å²) in [6.07, 6.45) is 8.79. The van der Waals surface area contributed by atoms with Crippen LogP contribution in [-0.2, 0) is 9.59 Å². The minimum Gasteiger partial charge on any atom is -0.478 e. The van der Waals surface area contributed by atoms with Gasteiger partial charge in [0.25, 0.3) is 0 Å². The van der Waals surface area contributed by atoms with Crippen molar-refractivity contribution in [3.05, 3.63) is 59.7 Å². The van der Waals surface area contributed by atoms with Gasteiger partial charge in [0.15, 0.2) is 5.78 Å². The largest absolute Gasteiger partial charge is 0.478 e. The predicted molar refractivity (Wildman–Crippen MR) is 153 cm³/mol. The zero-order valence-electron chi connectivity index (χ0n) is 22.9. The topological polar surface area (TPSA) is 119 Å². The molecule has 0 radical (unpaired) electrons. The molecule has 2 saturated carbocycles. The molecule has 0 spiro atoms. The number of Topliss-reactive ketones (excluding diaryl/α,β-unsaturated/α-hetero) is 1. The average Bonchev–Trinajstić information content (AvgIpc) is 3.37. The Morgan fingerprint density at radius 2 is 1.70 bits per heavy atom. The standard InChI is InChI=1S/C31H36N4O5/c1-31(16-7-8-17-31)26(36)19-34-25-15-6-5-14-24(25)28(21-10-3-2-4-11-21)33-35(30(34)40)20-27(37)32-23-13-9-12-22(18-23)29(38)39/h5-6,9,12-15,18,21H,2-4,7-8,10-11,16-17,19-20H2,1H3,(H,32,37)(H,38,39). The van der Waals surface area contributed by atoms with Gasteiger partial charge < -0.3 is 10.4 Å². The summed E-state index contributed by atoms with van der Waals surface area (Å²) in [6, 6.07) is 13.0. The highest BCUT2D eigenvalue weighted by Crippen LogP contribution is 2.40. The van der Waals surface area contributed by atoms with Crippen molar-refractivity contribution in [2.24, 2.45) is 16.4 Å². The number of urea groups is 1. The maximum absolute atomic E-state index is 14.1. The van der Waals surface area contributed by atoms with Crippen LogP contribution in [0.1, 0.15) is 80.6 Å². The molecule has 210 valence electrons. The van der Waals surface area contributed by atoms with E-state index in [0.717, 1.165) is 69.1 Å². The third-order valence-corrected chi connectivity index (χ3v) is 8.51. The van der Waals surface area contributed by atoms with Gasteiger partial charge in [-0.2, -0.15) is 5.10 Å².